The highest BCUT2D eigenvalue weighted by Crippen LogP contribution is 2.31. The van der Waals surface area contributed by atoms with E-state index in [1.54, 1.807) is 12.1 Å². The molecule has 1 aliphatic rings. The molecule has 0 spiro atoms. The zero-order valence-corrected chi connectivity index (χ0v) is 11.9. The van der Waals surface area contributed by atoms with Gasteiger partial charge in [0.15, 0.2) is 0 Å². The molecule has 19 heavy (non-hydrogen) atoms. The van der Waals surface area contributed by atoms with E-state index >= 15 is 0 Å². The maximum atomic E-state index is 12.1. The summed E-state index contributed by atoms with van der Waals surface area (Å²) in [6.45, 7) is 0.742. The minimum atomic E-state index is -3.45. The Morgan fingerprint density at radius 2 is 2.16 bits per heavy atom. The molecule has 6 heteroatoms. The fourth-order valence-corrected chi connectivity index (χ4v) is 3.07. The molecule has 0 aromatic heterocycles. The Kier molecular flexibility index (Phi) is 4.44. The normalized spacial score (nSPS) is 15.5. The zero-order chi connectivity index (χ0) is 13.9. The third kappa shape index (κ3) is 3.68. The van der Waals surface area contributed by atoms with Crippen LogP contribution in [0.25, 0.3) is 0 Å². The summed E-state index contributed by atoms with van der Waals surface area (Å²) in [5, 5.41) is 0. The number of ether oxygens (including phenoxy) is 1. The van der Waals surface area contributed by atoms with Gasteiger partial charge in [-0.05, 0) is 30.5 Å². The molecule has 5 nitrogen and oxygen atoms in total. The van der Waals surface area contributed by atoms with Gasteiger partial charge in [0.2, 0.25) is 10.0 Å². The van der Waals surface area contributed by atoms with Crippen LogP contribution in [-0.4, -0.2) is 22.1 Å². The molecule has 0 saturated heterocycles. The SMILES string of the molecule is COc1ccc(S(=O)(=O)NCCC2CC2)cc1CN. The second-order valence-electron chi connectivity index (χ2n) is 4.81. The van der Waals surface area contributed by atoms with Crippen LogP contribution in [0.1, 0.15) is 24.8 Å². The van der Waals surface area contributed by atoms with Crippen LogP contribution < -0.4 is 15.2 Å². The van der Waals surface area contributed by atoms with Gasteiger partial charge in [-0.2, -0.15) is 0 Å². The summed E-state index contributed by atoms with van der Waals surface area (Å²) < 4.78 is 32.0. The maximum absolute atomic E-state index is 12.1. The molecule has 0 atom stereocenters. The smallest absolute Gasteiger partial charge is 0.240 e. The quantitative estimate of drug-likeness (QED) is 0.789. The van der Waals surface area contributed by atoms with Gasteiger partial charge in [-0.1, -0.05) is 12.8 Å². The van der Waals surface area contributed by atoms with E-state index in [1.807, 2.05) is 0 Å². The second-order valence-corrected chi connectivity index (χ2v) is 6.57. The lowest BCUT2D eigenvalue weighted by molar-refractivity contribution is 0.409. The Morgan fingerprint density at radius 1 is 1.42 bits per heavy atom. The van der Waals surface area contributed by atoms with E-state index in [0.29, 0.717) is 23.8 Å². The monoisotopic (exact) mass is 284 g/mol. The van der Waals surface area contributed by atoms with Crippen molar-refractivity contribution in [3.63, 3.8) is 0 Å². The first-order valence-corrected chi connectivity index (χ1v) is 7.92. The van der Waals surface area contributed by atoms with E-state index in [2.05, 4.69) is 4.72 Å². The highest BCUT2D eigenvalue weighted by Gasteiger charge is 2.22. The van der Waals surface area contributed by atoms with Crippen molar-refractivity contribution in [1.29, 1.82) is 0 Å². The average molecular weight is 284 g/mol. The van der Waals surface area contributed by atoms with E-state index in [1.165, 1.54) is 26.0 Å². The van der Waals surface area contributed by atoms with Crippen molar-refractivity contribution in [3.05, 3.63) is 23.8 Å². The number of nitrogens with two attached hydrogens (primary N) is 1. The Balaban J connectivity index is 2.09. The maximum Gasteiger partial charge on any atom is 0.240 e. The van der Waals surface area contributed by atoms with Gasteiger partial charge in [0.25, 0.3) is 0 Å². The first-order valence-electron chi connectivity index (χ1n) is 6.43. The number of nitrogens with one attached hydrogen (secondary N) is 1. The van der Waals surface area contributed by atoms with Gasteiger partial charge in [0.05, 0.1) is 12.0 Å². The molecule has 3 N–H and O–H groups in total. The molecule has 1 fully saturated rings. The molecule has 1 aliphatic carbocycles. The first-order chi connectivity index (χ1) is 9.06. The molecule has 0 radical (unpaired) electrons. The fraction of sp³-hybridized carbons (Fsp3) is 0.538. The molecule has 0 aliphatic heterocycles. The molecule has 1 aromatic carbocycles. The van der Waals surface area contributed by atoms with E-state index in [0.717, 1.165) is 6.42 Å². The van der Waals surface area contributed by atoms with Gasteiger partial charge < -0.3 is 10.5 Å². The van der Waals surface area contributed by atoms with Gasteiger partial charge in [-0.25, -0.2) is 13.1 Å². The van der Waals surface area contributed by atoms with Crippen LogP contribution in [0.2, 0.25) is 0 Å². The number of rotatable bonds is 7. The average Bonchev–Trinajstić information content (AvgIpc) is 3.21. The van der Waals surface area contributed by atoms with E-state index in [-0.39, 0.29) is 11.4 Å². The number of hydrogen-bond donors (Lipinski definition) is 2. The van der Waals surface area contributed by atoms with Crippen molar-refractivity contribution in [2.45, 2.75) is 30.7 Å². The summed E-state index contributed by atoms with van der Waals surface area (Å²) in [5.41, 5.74) is 6.28. The molecule has 1 aromatic rings. The number of methoxy groups -OCH3 is 1. The molecular weight excluding hydrogens is 264 g/mol. The molecule has 0 amide bonds. The topological polar surface area (TPSA) is 81.4 Å². The lowest BCUT2D eigenvalue weighted by Crippen LogP contribution is -2.25. The van der Waals surface area contributed by atoms with Gasteiger partial charge in [0.1, 0.15) is 5.75 Å². The number of benzene rings is 1. The zero-order valence-electron chi connectivity index (χ0n) is 11.1. The van der Waals surface area contributed by atoms with Crippen LogP contribution in [0.5, 0.6) is 5.75 Å². The van der Waals surface area contributed by atoms with E-state index < -0.39 is 10.0 Å². The predicted molar refractivity (Wildman–Crippen MR) is 73.4 cm³/mol. The highest BCUT2D eigenvalue weighted by molar-refractivity contribution is 7.89. The molecular formula is C13H20N2O3S. The lowest BCUT2D eigenvalue weighted by atomic mass is 10.2. The largest absolute Gasteiger partial charge is 0.496 e. The van der Waals surface area contributed by atoms with Gasteiger partial charge in [-0.15, -0.1) is 0 Å². The van der Waals surface area contributed by atoms with Crippen molar-refractivity contribution in [2.24, 2.45) is 11.7 Å². The summed E-state index contributed by atoms with van der Waals surface area (Å²) >= 11 is 0. The highest BCUT2D eigenvalue weighted by atomic mass is 32.2. The Hall–Kier alpha value is -1.11. The summed E-state index contributed by atoms with van der Waals surface area (Å²) in [7, 11) is -1.91. The Morgan fingerprint density at radius 3 is 2.74 bits per heavy atom. The van der Waals surface area contributed by atoms with E-state index in [4.69, 9.17) is 10.5 Å². The summed E-state index contributed by atoms with van der Waals surface area (Å²) in [6.07, 6.45) is 3.36. The van der Waals surface area contributed by atoms with Crippen molar-refractivity contribution >= 4 is 10.0 Å². The molecule has 1 saturated carbocycles. The Labute approximate surface area is 114 Å². The minimum absolute atomic E-state index is 0.240. The van der Waals surface area contributed by atoms with E-state index in [9.17, 15) is 8.42 Å². The van der Waals surface area contributed by atoms with Crippen molar-refractivity contribution < 1.29 is 13.2 Å². The second kappa shape index (κ2) is 5.90. The van der Waals surface area contributed by atoms with Gasteiger partial charge >= 0.3 is 0 Å². The van der Waals surface area contributed by atoms with Crippen LogP contribution in [0.3, 0.4) is 0 Å². The van der Waals surface area contributed by atoms with Crippen LogP contribution in [0.4, 0.5) is 0 Å². The van der Waals surface area contributed by atoms with Crippen LogP contribution in [0.15, 0.2) is 23.1 Å². The molecule has 0 heterocycles. The van der Waals surface area contributed by atoms with Gasteiger partial charge in [-0.3, -0.25) is 0 Å². The fourth-order valence-electron chi connectivity index (χ4n) is 1.97. The summed E-state index contributed by atoms with van der Waals surface area (Å²) in [4.78, 5) is 0.240. The third-order valence-electron chi connectivity index (χ3n) is 3.32. The first kappa shape index (κ1) is 14.3. The van der Waals surface area contributed by atoms with Crippen LogP contribution in [0, 0.1) is 5.92 Å². The third-order valence-corrected chi connectivity index (χ3v) is 4.78. The van der Waals surface area contributed by atoms with Gasteiger partial charge in [0, 0.05) is 18.7 Å². The molecule has 0 bridgehead atoms. The standard InChI is InChI=1S/C13H20N2O3S/c1-18-13-5-4-12(8-11(13)9-14)19(16,17)15-7-6-10-2-3-10/h4-5,8,10,15H,2-3,6-7,9,14H2,1H3. The minimum Gasteiger partial charge on any atom is -0.496 e. The van der Waals surface area contributed by atoms with Crippen LogP contribution >= 0.6 is 0 Å². The molecule has 0 unspecified atom stereocenters. The van der Waals surface area contributed by atoms with Crippen molar-refractivity contribution in [1.82, 2.24) is 4.72 Å². The predicted octanol–water partition coefficient (Wildman–Crippen LogP) is 1.23. The lowest BCUT2D eigenvalue weighted by Gasteiger charge is -2.10. The number of hydrogen-bond acceptors (Lipinski definition) is 4. The van der Waals surface area contributed by atoms with Crippen molar-refractivity contribution in [3.8, 4) is 5.75 Å². The Bertz CT molecular complexity index is 539. The summed E-state index contributed by atoms with van der Waals surface area (Å²) in [6, 6.07) is 4.74. The summed E-state index contributed by atoms with van der Waals surface area (Å²) in [5.74, 6) is 1.32. The van der Waals surface area contributed by atoms with Crippen molar-refractivity contribution in [2.75, 3.05) is 13.7 Å². The van der Waals surface area contributed by atoms with Crippen LogP contribution in [-0.2, 0) is 16.6 Å². The molecule has 106 valence electrons. The molecule has 2 rings (SSSR count). The number of sulfonamides is 1.